The van der Waals surface area contributed by atoms with Gasteiger partial charge in [-0.3, -0.25) is 0 Å². The van der Waals surface area contributed by atoms with Gasteiger partial charge in [0.05, 0.1) is 19.7 Å². The summed E-state index contributed by atoms with van der Waals surface area (Å²) in [5.74, 6) is 0.978. The number of hydrogen-bond acceptors (Lipinski definition) is 5. The Morgan fingerprint density at radius 2 is 1.50 bits per heavy atom. The molecule has 0 fully saturated rings. The van der Waals surface area contributed by atoms with E-state index in [0.717, 1.165) is 39.0 Å². The molecule has 2 aliphatic rings. The lowest BCUT2D eigenvalue weighted by atomic mass is 10.0. The topological polar surface area (TPSA) is 52.4 Å². The summed E-state index contributed by atoms with van der Waals surface area (Å²) in [6.45, 7) is 0.643. The van der Waals surface area contributed by atoms with Crippen LogP contribution >= 0.6 is 0 Å². The van der Waals surface area contributed by atoms with Gasteiger partial charge >= 0.3 is 0 Å². The third-order valence-corrected chi connectivity index (χ3v) is 6.03. The quantitative estimate of drug-likeness (QED) is 0.339. The van der Waals surface area contributed by atoms with Crippen LogP contribution in [0.3, 0.4) is 0 Å². The molecule has 34 heavy (non-hydrogen) atoms. The van der Waals surface area contributed by atoms with Crippen LogP contribution < -0.4 is 14.4 Å². The van der Waals surface area contributed by atoms with Crippen LogP contribution in [0.1, 0.15) is 5.56 Å². The molecule has 6 nitrogen and oxygen atoms in total. The van der Waals surface area contributed by atoms with Crippen LogP contribution in [0.15, 0.2) is 66.9 Å². The average Bonchev–Trinajstić information content (AvgIpc) is 3.28. The third kappa shape index (κ3) is 3.79. The molecule has 0 bridgehead atoms. The maximum atomic E-state index is 13.5. The highest BCUT2D eigenvalue weighted by atomic mass is 19.1. The van der Waals surface area contributed by atoms with Gasteiger partial charge in [-0.1, -0.05) is 12.1 Å². The Morgan fingerprint density at radius 1 is 0.853 bits per heavy atom. The average molecular weight is 457 g/mol. The summed E-state index contributed by atoms with van der Waals surface area (Å²) >= 11 is 0. The molecule has 0 saturated carbocycles. The minimum Gasteiger partial charge on any atom is -0.493 e. The number of fused-ring (bicyclic) bond motifs is 3. The van der Waals surface area contributed by atoms with Crippen LogP contribution in [0.2, 0.25) is 0 Å². The highest BCUT2D eigenvalue weighted by Gasteiger charge is 2.22. The Morgan fingerprint density at radius 3 is 2.15 bits per heavy atom. The number of anilines is 1. The molecule has 0 aromatic heterocycles. The number of rotatable bonds is 6. The number of benzene rings is 3. The number of nitrogens with zero attached hydrogens (tertiary/aromatic N) is 4. The molecular weight excluding hydrogens is 431 g/mol. The second-order valence-corrected chi connectivity index (χ2v) is 8.36. The summed E-state index contributed by atoms with van der Waals surface area (Å²) in [5, 5.41) is 9.86. The Labute approximate surface area is 197 Å². The molecule has 172 valence electrons. The summed E-state index contributed by atoms with van der Waals surface area (Å²) in [6, 6.07) is 18.7. The number of pyridine rings is 1. The van der Waals surface area contributed by atoms with Crippen molar-refractivity contribution in [3.63, 3.8) is 0 Å². The zero-order valence-electron chi connectivity index (χ0n) is 19.5. The first-order chi connectivity index (χ1) is 16.5. The van der Waals surface area contributed by atoms with E-state index in [1.165, 1.54) is 12.1 Å². The summed E-state index contributed by atoms with van der Waals surface area (Å²) in [5.41, 5.74) is 6.41. The molecular formula is C27H25FN4O2. The fourth-order valence-electron chi connectivity index (χ4n) is 4.21. The first-order valence-corrected chi connectivity index (χ1v) is 10.9. The number of ether oxygens (including phenoxy) is 2. The van der Waals surface area contributed by atoms with Crippen molar-refractivity contribution in [1.29, 1.82) is 0 Å². The van der Waals surface area contributed by atoms with Gasteiger partial charge in [0.2, 0.25) is 0 Å². The van der Waals surface area contributed by atoms with Crippen LogP contribution in [0.25, 0.3) is 33.4 Å². The van der Waals surface area contributed by atoms with Gasteiger partial charge in [-0.2, -0.15) is 0 Å². The van der Waals surface area contributed by atoms with E-state index >= 15 is 0 Å². The van der Waals surface area contributed by atoms with Gasteiger partial charge in [-0.25, -0.2) is 4.39 Å². The molecule has 0 amide bonds. The molecule has 3 aromatic rings. The minimum absolute atomic E-state index is 0.286. The summed E-state index contributed by atoms with van der Waals surface area (Å²) in [7, 11) is 7.29. The predicted molar refractivity (Wildman–Crippen MR) is 133 cm³/mol. The molecule has 0 N–H and O–H groups in total. The van der Waals surface area contributed by atoms with E-state index < -0.39 is 0 Å². The van der Waals surface area contributed by atoms with Gasteiger partial charge in [0, 0.05) is 55.1 Å². The number of aromatic nitrogens is 3. The molecule has 0 atom stereocenters. The monoisotopic (exact) mass is 456 g/mol. The van der Waals surface area contributed by atoms with Crippen LogP contribution in [0, 0.1) is 5.82 Å². The van der Waals surface area contributed by atoms with Gasteiger partial charge in [0.15, 0.2) is 11.5 Å². The highest BCUT2D eigenvalue weighted by Crippen LogP contribution is 2.41. The van der Waals surface area contributed by atoms with E-state index in [-0.39, 0.29) is 5.82 Å². The lowest BCUT2D eigenvalue weighted by molar-refractivity contribution is 0.355. The first-order valence-electron chi connectivity index (χ1n) is 10.9. The van der Waals surface area contributed by atoms with Crippen LogP contribution in [-0.2, 0) is 6.54 Å². The molecule has 2 heterocycles. The van der Waals surface area contributed by atoms with E-state index in [2.05, 4.69) is 50.1 Å². The lowest BCUT2D eigenvalue weighted by Crippen LogP contribution is -2.09. The molecule has 3 aromatic carbocycles. The van der Waals surface area contributed by atoms with Gasteiger partial charge in [-0.15, -0.1) is 10.2 Å². The van der Waals surface area contributed by atoms with Crippen molar-refractivity contribution in [2.45, 2.75) is 6.54 Å². The predicted octanol–water partition coefficient (Wildman–Crippen LogP) is 5.47. The van der Waals surface area contributed by atoms with E-state index in [1.54, 1.807) is 26.4 Å². The normalized spacial score (nSPS) is 11.2. The van der Waals surface area contributed by atoms with E-state index in [0.29, 0.717) is 23.7 Å². The van der Waals surface area contributed by atoms with Crippen LogP contribution in [0.5, 0.6) is 11.5 Å². The molecule has 0 spiro atoms. The second-order valence-electron chi connectivity index (χ2n) is 8.36. The maximum absolute atomic E-state index is 13.5. The zero-order valence-corrected chi connectivity index (χ0v) is 19.5. The minimum atomic E-state index is -0.286. The largest absolute Gasteiger partial charge is 0.493 e. The molecule has 2 aliphatic heterocycles. The van der Waals surface area contributed by atoms with Gasteiger partial charge in [0.1, 0.15) is 17.2 Å². The summed E-state index contributed by atoms with van der Waals surface area (Å²) in [6.07, 6.45) is 2.06. The molecule has 0 radical (unpaired) electrons. The summed E-state index contributed by atoms with van der Waals surface area (Å²) in [4.78, 5) is 2.08. The van der Waals surface area contributed by atoms with Crippen molar-refractivity contribution in [1.82, 2.24) is 14.8 Å². The van der Waals surface area contributed by atoms with Crippen LogP contribution in [0.4, 0.5) is 10.1 Å². The van der Waals surface area contributed by atoms with Crippen molar-refractivity contribution in [3.8, 4) is 34.0 Å². The third-order valence-electron chi connectivity index (χ3n) is 6.03. The van der Waals surface area contributed by atoms with Gasteiger partial charge < -0.3 is 18.9 Å². The molecule has 0 unspecified atom stereocenters. The van der Waals surface area contributed by atoms with Crippen LogP contribution in [-0.4, -0.2) is 43.1 Å². The Hall–Kier alpha value is -4.13. The fraction of sp³-hybridized carbons (Fsp3) is 0.185. The number of hydrogen-bond donors (Lipinski definition) is 0. The first kappa shape index (κ1) is 21.7. The number of methoxy groups -OCH3 is 2. The number of halogens is 1. The molecule has 0 aliphatic carbocycles. The van der Waals surface area contributed by atoms with E-state index in [4.69, 9.17) is 9.47 Å². The van der Waals surface area contributed by atoms with E-state index in [1.807, 2.05) is 26.2 Å². The van der Waals surface area contributed by atoms with Crippen molar-refractivity contribution in [2.75, 3.05) is 33.2 Å². The Balaban J connectivity index is 1.72. The lowest BCUT2D eigenvalue weighted by Gasteiger charge is -2.18. The molecule has 5 rings (SSSR count). The standard InChI is InChI=1S/C27H25FN4O2/c1-31(2)20-11-5-17(6-12-20)15-32-16-22-26(18-7-9-19(28)10-8-18)29-30-27(22)21-13-24(33-3)25(34-4)14-23(21)32/h5-14,16H,15H2,1-4H3. The van der Waals surface area contributed by atoms with Crippen molar-refractivity contribution < 1.29 is 13.9 Å². The zero-order chi connectivity index (χ0) is 23.8. The van der Waals surface area contributed by atoms with Crippen molar-refractivity contribution in [2.24, 2.45) is 0 Å². The smallest absolute Gasteiger partial charge is 0.162 e. The fourth-order valence-corrected chi connectivity index (χ4v) is 4.21. The highest BCUT2D eigenvalue weighted by molar-refractivity contribution is 5.99. The summed E-state index contributed by atoms with van der Waals surface area (Å²) < 4.78 is 26.8. The Kier molecular flexibility index (Phi) is 5.53. The molecule has 7 heteroatoms. The van der Waals surface area contributed by atoms with Crippen molar-refractivity contribution >= 4 is 16.6 Å². The van der Waals surface area contributed by atoms with E-state index in [9.17, 15) is 4.39 Å². The maximum Gasteiger partial charge on any atom is 0.162 e. The second kappa shape index (κ2) is 8.67. The van der Waals surface area contributed by atoms with Gasteiger partial charge in [0.25, 0.3) is 0 Å². The van der Waals surface area contributed by atoms with Crippen molar-refractivity contribution in [3.05, 3.63) is 78.2 Å². The van der Waals surface area contributed by atoms with Gasteiger partial charge in [-0.05, 0) is 48.0 Å². The molecule has 0 saturated heterocycles. The Bertz CT molecular complexity index is 1430. The SMILES string of the molecule is COc1cc2c3nnc(-c4ccc(F)cc4)c-3cn(Cc3ccc(N(C)C)cc3)c2cc1OC.